The van der Waals surface area contributed by atoms with Gasteiger partial charge in [0.15, 0.2) is 0 Å². The van der Waals surface area contributed by atoms with Gasteiger partial charge in [0.05, 0.1) is 0 Å². The minimum atomic E-state index is 0.520. The molecule has 0 radical (unpaired) electrons. The van der Waals surface area contributed by atoms with E-state index in [9.17, 15) is 0 Å². The van der Waals surface area contributed by atoms with E-state index in [-0.39, 0.29) is 0 Å². The fourth-order valence-corrected chi connectivity index (χ4v) is 1.83. The van der Waals surface area contributed by atoms with Crippen molar-refractivity contribution in [2.24, 2.45) is 5.92 Å². The van der Waals surface area contributed by atoms with Gasteiger partial charge in [-0.1, -0.05) is 0 Å². The van der Waals surface area contributed by atoms with Crippen LogP contribution in [0.3, 0.4) is 0 Å². The van der Waals surface area contributed by atoms with Gasteiger partial charge in [-0.3, -0.25) is 0 Å². The molecule has 0 bridgehead atoms. The second kappa shape index (κ2) is 23.8. The molecule has 1 rings (SSSR count). The zero-order valence-electron chi connectivity index (χ0n) is 14.1. The van der Waals surface area contributed by atoms with Gasteiger partial charge >= 0.3 is 152 Å². The van der Waals surface area contributed by atoms with Crippen LogP contribution >= 0.6 is 0 Å². The quantitative estimate of drug-likeness (QED) is 0.453. The molecule has 24 heavy (non-hydrogen) atoms. The molecule has 7 heteroatoms. The molecule has 128 valence electrons. The fourth-order valence-electron chi connectivity index (χ4n) is 1.47. The van der Waals surface area contributed by atoms with E-state index >= 15 is 0 Å². The van der Waals surface area contributed by atoms with Crippen molar-refractivity contribution in [1.29, 1.82) is 0 Å². The fraction of sp³-hybridized carbons (Fsp3) is 0.353. The summed E-state index contributed by atoms with van der Waals surface area (Å²) in [6.07, 6.45) is 0. The van der Waals surface area contributed by atoms with Crippen molar-refractivity contribution in [2.75, 3.05) is 14.1 Å². The summed E-state index contributed by atoms with van der Waals surface area (Å²) in [5.41, 5.74) is 1.32. The summed E-state index contributed by atoms with van der Waals surface area (Å²) in [5, 5.41) is 4.39. The molecule has 0 aromatic heterocycles. The van der Waals surface area contributed by atoms with E-state index in [2.05, 4.69) is 111 Å². The van der Waals surface area contributed by atoms with Gasteiger partial charge in [-0.15, -0.1) is 0 Å². The van der Waals surface area contributed by atoms with Gasteiger partial charge in [0.1, 0.15) is 0 Å². The molecular weight excluding hydrogens is 348 g/mol. The zero-order chi connectivity index (χ0) is 20.1. The maximum atomic E-state index is 7.50. The van der Waals surface area contributed by atoms with Crippen molar-refractivity contribution >= 4 is 4.50 Å². The summed E-state index contributed by atoms with van der Waals surface area (Å²) in [6, 6.07) is 10.5. The first-order valence-electron chi connectivity index (χ1n) is 6.36. The van der Waals surface area contributed by atoms with Crippen molar-refractivity contribution in [3.05, 3.63) is 62.5 Å². The molecule has 0 aliphatic carbocycles. The molecular formula is C17H20CrN2O4. The first-order chi connectivity index (χ1) is 11.5. The van der Waals surface area contributed by atoms with Crippen LogP contribution in [0.5, 0.6) is 0 Å². The Morgan fingerprint density at radius 2 is 1.29 bits per heavy atom. The second-order valence-electron chi connectivity index (χ2n) is 4.38. The summed E-state index contributed by atoms with van der Waals surface area (Å²) >= 11 is 3.18. The Morgan fingerprint density at radius 3 is 1.58 bits per heavy atom. The molecule has 0 N–H and O–H groups in total. The average Bonchev–Trinajstić information content (AvgIpc) is 2.66. The number of benzene rings is 1. The van der Waals surface area contributed by atoms with E-state index in [1.807, 2.05) is 0 Å². The van der Waals surface area contributed by atoms with Crippen LogP contribution in [0.4, 0.5) is 0 Å². The minimum absolute atomic E-state index is 0.520. The standard InChI is InChI=1S/C13H20N2.4CO.Cr/c1-12(2)10-15(14(3)4)11-13-8-6-5-7-9-13;4*1-2;/h5-9,12H,11H2,1-4H3;;;;;. The number of hydrogen-bond acceptors (Lipinski definition) is 2. The third kappa shape index (κ3) is 15.4. The molecule has 6 nitrogen and oxygen atoms in total. The molecule has 0 spiro atoms. The Hall–Kier alpha value is -1.50. The zero-order valence-corrected chi connectivity index (χ0v) is 15.4. The number of hydrogen-bond donors (Lipinski definition) is 0. The SMILES string of the molecule is CC(C)[C](=[Cr])N(Cc1ccccc1)N(C)C.[C-]#[O+].[C-]#[O+].[C-]#[O+].[C-]#[O+]. The molecule has 0 saturated carbocycles. The van der Waals surface area contributed by atoms with Gasteiger partial charge in [-0.25, -0.2) is 0 Å². The molecule has 0 aliphatic rings. The second-order valence-corrected chi connectivity index (χ2v) is 5.04. The molecule has 1 aromatic rings. The van der Waals surface area contributed by atoms with E-state index in [0.29, 0.717) is 5.92 Å². The number of rotatable bonds is 5. The van der Waals surface area contributed by atoms with E-state index in [1.54, 1.807) is 0 Å². The normalized spacial score (nSPS) is 7.96. The summed E-state index contributed by atoms with van der Waals surface area (Å²) in [5.74, 6) is 0.520. The average molecular weight is 368 g/mol. The van der Waals surface area contributed by atoms with Crippen LogP contribution in [0.2, 0.25) is 0 Å². The van der Waals surface area contributed by atoms with Crippen molar-refractivity contribution in [1.82, 2.24) is 10.0 Å². The third-order valence-electron chi connectivity index (χ3n) is 2.41. The van der Waals surface area contributed by atoms with Gasteiger partial charge in [0.25, 0.3) is 0 Å². The predicted octanol–water partition coefficient (Wildman–Crippen LogP) is 2.15. The Morgan fingerprint density at radius 1 is 0.917 bits per heavy atom. The van der Waals surface area contributed by atoms with Crippen LogP contribution in [0.25, 0.3) is 0 Å². The Bertz CT molecular complexity index is 470. The Balaban J connectivity index is -0.000000218. The van der Waals surface area contributed by atoms with Crippen LogP contribution in [0.15, 0.2) is 30.3 Å². The molecule has 0 fully saturated rings. The molecule has 0 aliphatic heterocycles. The first-order valence-corrected chi connectivity index (χ1v) is 7.00. The van der Waals surface area contributed by atoms with Gasteiger partial charge in [-0.2, -0.15) is 0 Å². The predicted molar refractivity (Wildman–Crippen MR) is 81.2 cm³/mol. The Labute approximate surface area is 152 Å². The van der Waals surface area contributed by atoms with Crippen LogP contribution in [0, 0.1) is 32.5 Å². The van der Waals surface area contributed by atoms with Gasteiger partial charge in [0.2, 0.25) is 0 Å². The van der Waals surface area contributed by atoms with Crippen molar-refractivity contribution in [3.8, 4) is 0 Å². The van der Waals surface area contributed by atoms with Gasteiger partial charge in [-0.05, 0) is 0 Å². The number of nitrogens with zero attached hydrogens (tertiary/aromatic N) is 2. The molecule has 0 amide bonds. The molecule has 0 heterocycles. The maximum absolute atomic E-state index is 7.50. The van der Waals surface area contributed by atoms with Crippen LogP contribution in [-0.4, -0.2) is 28.6 Å². The van der Waals surface area contributed by atoms with E-state index in [0.717, 1.165) is 6.54 Å². The summed E-state index contributed by atoms with van der Waals surface area (Å²) in [7, 11) is 4.14. The van der Waals surface area contributed by atoms with Gasteiger partial charge in [0, 0.05) is 0 Å². The summed E-state index contributed by atoms with van der Waals surface area (Å²) < 4.78 is 31.3. The van der Waals surface area contributed by atoms with Crippen molar-refractivity contribution in [3.63, 3.8) is 0 Å². The molecule has 1 aromatic carbocycles. The third-order valence-corrected chi connectivity index (χ3v) is 3.47. The summed E-state index contributed by atoms with van der Waals surface area (Å²) in [4.78, 5) is 0. The topological polar surface area (TPSA) is 86.1 Å². The monoisotopic (exact) mass is 368 g/mol. The molecule has 0 atom stereocenters. The van der Waals surface area contributed by atoms with Crippen LogP contribution in [-0.2, 0) is 41.0 Å². The van der Waals surface area contributed by atoms with E-state index < -0.39 is 0 Å². The first kappa shape index (κ1) is 30.4. The van der Waals surface area contributed by atoms with Crippen molar-refractivity contribution in [2.45, 2.75) is 20.4 Å². The number of hydrazine groups is 1. The van der Waals surface area contributed by atoms with Crippen LogP contribution < -0.4 is 0 Å². The van der Waals surface area contributed by atoms with Crippen LogP contribution in [0.1, 0.15) is 19.4 Å². The molecule has 0 unspecified atom stereocenters. The van der Waals surface area contributed by atoms with E-state index in [1.165, 1.54) is 10.1 Å². The Kier molecular flexibility index (Phi) is 30.1. The van der Waals surface area contributed by atoms with Gasteiger partial charge < -0.3 is 0 Å². The van der Waals surface area contributed by atoms with Crippen molar-refractivity contribution < 1.29 is 34.5 Å². The molecule has 0 saturated heterocycles. The summed E-state index contributed by atoms with van der Waals surface area (Å²) in [6.45, 7) is 23.3. The van der Waals surface area contributed by atoms with E-state index in [4.69, 9.17) is 18.6 Å².